The SMILES string of the molecule is CN(C=C1Oc2cc(O)ccc2C1=O)Cc1ccccc1. The molecule has 0 radical (unpaired) electrons. The number of hydrogen-bond donors (Lipinski definition) is 1. The largest absolute Gasteiger partial charge is 0.508 e. The summed E-state index contributed by atoms with van der Waals surface area (Å²) in [5.41, 5.74) is 1.63. The number of nitrogens with zero attached hydrogens (tertiary/aromatic N) is 1. The Morgan fingerprint density at radius 1 is 1.19 bits per heavy atom. The van der Waals surface area contributed by atoms with Gasteiger partial charge in [0.05, 0.1) is 5.56 Å². The minimum atomic E-state index is -0.162. The molecule has 0 atom stereocenters. The number of benzene rings is 2. The van der Waals surface area contributed by atoms with Gasteiger partial charge in [0.2, 0.25) is 5.78 Å². The summed E-state index contributed by atoms with van der Waals surface area (Å²) in [6.45, 7) is 0.683. The number of phenolic OH excluding ortho intramolecular Hbond substituents is 1. The van der Waals surface area contributed by atoms with E-state index in [-0.39, 0.29) is 17.3 Å². The van der Waals surface area contributed by atoms with Crippen molar-refractivity contribution in [3.63, 3.8) is 0 Å². The lowest BCUT2D eigenvalue weighted by molar-refractivity contribution is 0.101. The molecule has 1 heterocycles. The van der Waals surface area contributed by atoms with Crippen LogP contribution >= 0.6 is 0 Å². The van der Waals surface area contributed by atoms with E-state index in [9.17, 15) is 9.90 Å². The Kier molecular flexibility index (Phi) is 3.36. The number of rotatable bonds is 3. The first-order valence-corrected chi connectivity index (χ1v) is 6.65. The highest BCUT2D eigenvalue weighted by atomic mass is 16.5. The lowest BCUT2D eigenvalue weighted by atomic mass is 10.1. The fourth-order valence-electron chi connectivity index (χ4n) is 2.28. The molecule has 0 aliphatic carbocycles. The molecule has 21 heavy (non-hydrogen) atoms. The third kappa shape index (κ3) is 2.74. The van der Waals surface area contributed by atoms with Crippen molar-refractivity contribution in [3.05, 3.63) is 71.6 Å². The van der Waals surface area contributed by atoms with E-state index in [1.54, 1.807) is 12.3 Å². The number of aromatic hydroxyl groups is 1. The molecule has 2 aromatic carbocycles. The molecule has 106 valence electrons. The zero-order valence-corrected chi connectivity index (χ0v) is 11.6. The van der Waals surface area contributed by atoms with E-state index in [0.717, 1.165) is 5.56 Å². The molecule has 0 aromatic heterocycles. The minimum Gasteiger partial charge on any atom is -0.508 e. The van der Waals surface area contributed by atoms with Crippen molar-refractivity contribution in [1.82, 2.24) is 4.90 Å². The molecule has 0 saturated heterocycles. The number of hydrogen-bond acceptors (Lipinski definition) is 4. The molecule has 4 heteroatoms. The fraction of sp³-hybridized carbons (Fsp3) is 0.118. The van der Waals surface area contributed by atoms with Crippen molar-refractivity contribution >= 4 is 5.78 Å². The summed E-state index contributed by atoms with van der Waals surface area (Å²) in [6.07, 6.45) is 1.69. The van der Waals surface area contributed by atoms with E-state index in [1.165, 1.54) is 12.1 Å². The lowest BCUT2D eigenvalue weighted by Crippen LogP contribution is -2.13. The summed E-state index contributed by atoms with van der Waals surface area (Å²) in [5, 5.41) is 9.42. The van der Waals surface area contributed by atoms with Gasteiger partial charge in [-0.1, -0.05) is 30.3 Å². The van der Waals surface area contributed by atoms with E-state index in [2.05, 4.69) is 0 Å². The summed E-state index contributed by atoms with van der Waals surface area (Å²) in [6, 6.07) is 14.5. The van der Waals surface area contributed by atoms with Crippen molar-refractivity contribution in [3.8, 4) is 11.5 Å². The fourth-order valence-corrected chi connectivity index (χ4v) is 2.28. The van der Waals surface area contributed by atoms with E-state index in [0.29, 0.717) is 17.9 Å². The van der Waals surface area contributed by atoms with Crippen LogP contribution in [0.15, 0.2) is 60.5 Å². The highest BCUT2D eigenvalue weighted by Gasteiger charge is 2.27. The second-order valence-electron chi connectivity index (χ2n) is 5.01. The molecule has 2 aromatic rings. The molecule has 3 rings (SSSR count). The Hall–Kier alpha value is -2.75. The second kappa shape index (κ2) is 5.32. The first-order chi connectivity index (χ1) is 10.1. The van der Waals surface area contributed by atoms with E-state index < -0.39 is 0 Å². The van der Waals surface area contributed by atoms with Gasteiger partial charge in [-0.3, -0.25) is 4.79 Å². The Labute approximate surface area is 122 Å². The molecular weight excluding hydrogens is 266 g/mol. The van der Waals surface area contributed by atoms with Gasteiger partial charge in [-0.25, -0.2) is 0 Å². The topological polar surface area (TPSA) is 49.8 Å². The van der Waals surface area contributed by atoms with Crippen molar-refractivity contribution in [1.29, 1.82) is 0 Å². The van der Waals surface area contributed by atoms with Gasteiger partial charge in [0.1, 0.15) is 11.5 Å². The molecule has 0 bridgehead atoms. The highest BCUT2D eigenvalue weighted by Crippen LogP contribution is 2.33. The quantitative estimate of drug-likeness (QED) is 0.879. The number of phenols is 1. The highest BCUT2D eigenvalue weighted by molar-refractivity contribution is 6.12. The Bertz CT molecular complexity index is 707. The smallest absolute Gasteiger partial charge is 0.233 e. The van der Waals surface area contributed by atoms with E-state index in [4.69, 9.17) is 4.74 Å². The number of fused-ring (bicyclic) bond motifs is 1. The van der Waals surface area contributed by atoms with Crippen molar-refractivity contribution in [2.45, 2.75) is 6.54 Å². The molecule has 0 saturated carbocycles. The van der Waals surface area contributed by atoms with Crippen LogP contribution in [-0.2, 0) is 6.54 Å². The summed E-state index contributed by atoms with van der Waals surface area (Å²) < 4.78 is 5.52. The predicted octanol–water partition coefficient (Wildman–Crippen LogP) is 2.94. The molecule has 1 aliphatic heterocycles. The molecule has 0 fully saturated rings. The van der Waals surface area contributed by atoms with Gasteiger partial charge in [0.25, 0.3) is 0 Å². The maximum absolute atomic E-state index is 12.2. The Morgan fingerprint density at radius 2 is 1.95 bits per heavy atom. The average molecular weight is 281 g/mol. The maximum atomic E-state index is 12.2. The monoisotopic (exact) mass is 281 g/mol. The van der Waals surface area contributed by atoms with Crippen LogP contribution in [0, 0.1) is 0 Å². The third-order valence-corrected chi connectivity index (χ3v) is 3.27. The van der Waals surface area contributed by atoms with Gasteiger partial charge < -0.3 is 14.7 Å². The van der Waals surface area contributed by atoms with Gasteiger partial charge in [0, 0.05) is 25.9 Å². The van der Waals surface area contributed by atoms with Crippen LogP contribution in [-0.4, -0.2) is 22.8 Å². The van der Waals surface area contributed by atoms with Crippen LogP contribution in [0.4, 0.5) is 0 Å². The number of allylic oxidation sites excluding steroid dienone is 1. The van der Waals surface area contributed by atoms with Gasteiger partial charge in [-0.15, -0.1) is 0 Å². The number of carbonyl (C=O) groups is 1. The summed E-state index contributed by atoms with van der Waals surface area (Å²) in [5.74, 6) is 0.596. The maximum Gasteiger partial charge on any atom is 0.233 e. The number of ketones is 1. The van der Waals surface area contributed by atoms with Gasteiger partial charge >= 0.3 is 0 Å². The molecule has 0 spiro atoms. The minimum absolute atomic E-state index is 0.0837. The molecular formula is C17H15NO3. The second-order valence-corrected chi connectivity index (χ2v) is 5.01. The summed E-state index contributed by atoms with van der Waals surface area (Å²) >= 11 is 0. The van der Waals surface area contributed by atoms with Crippen LogP contribution < -0.4 is 4.74 Å². The zero-order chi connectivity index (χ0) is 14.8. The van der Waals surface area contributed by atoms with Gasteiger partial charge in [-0.05, 0) is 17.7 Å². The van der Waals surface area contributed by atoms with E-state index in [1.807, 2.05) is 42.3 Å². The number of ether oxygens (including phenoxy) is 1. The summed E-state index contributed by atoms with van der Waals surface area (Å²) in [4.78, 5) is 14.1. The Morgan fingerprint density at radius 3 is 2.71 bits per heavy atom. The molecule has 4 nitrogen and oxygen atoms in total. The van der Waals surface area contributed by atoms with Crippen LogP contribution in [0.5, 0.6) is 11.5 Å². The first-order valence-electron chi connectivity index (χ1n) is 6.65. The molecule has 0 amide bonds. The Balaban J connectivity index is 1.77. The third-order valence-electron chi connectivity index (χ3n) is 3.27. The normalized spacial score (nSPS) is 14.9. The van der Waals surface area contributed by atoms with E-state index >= 15 is 0 Å². The first kappa shape index (κ1) is 13.2. The van der Waals surface area contributed by atoms with Crippen LogP contribution in [0.25, 0.3) is 0 Å². The molecule has 1 N–H and O–H groups in total. The average Bonchev–Trinajstić information content (AvgIpc) is 2.75. The van der Waals surface area contributed by atoms with Crippen LogP contribution in [0.3, 0.4) is 0 Å². The van der Waals surface area contributed by atoms with Crippen LogP contribution in [0.2, 0.25) is 0 Å². The van der Waals surface area contributed by atoms with Crippen molar-refractivity contribution in [2.75, 3.05) is 7.05 Å². The molecule has 1 aliphatic rings. The zero-order valence-electron chi connectivity index (χ0n) is 11.6. The number of Topliss-reactive ketones (excluding diaryl/α,β-unsaturated/α-hetero) is 1. The van der Waals surface area contributed by atoms with Crippen LogP contribution in [0.1, 0.15) is 15.9 Å². The van der Waals surface area contributed by atoms with Crippen molar-refractivity contribution in [2.24, 2.45) is 0 Å². The van der Waals surface area contributed by atoms with Gasteiger partial charge in [0.15, 0.2) is 5.76 Å². The number of carbonyl (C=O) groups excluding carboxylic acids is 1. The lowest BCUT2D eigenvalue weighted by Gasteiger charge is -2.14. The van der Waals surface area contributed by atoms with Crippen molar-refractivity contribution < 1.29 is 14.6 Å². The standard InChI is InChI=1S/C17H15NO3/c1-18(10-12-5-3-2-4-6-12)11-16-17(20)14-8-7-13(19)9-15(14)21-16/h2-9,11,19H,10H2,1H3. The van der Waals surface area contributed by atoms with Gasteiger partial charge in [-0.2, -0.15) is 0 Å². The predicted molar refractivity (Wildman–Crippen MR) is 79.1 cm³/mol. The molecule has 0 unspecified atom stereocenters. The summed E-state index contributed by atoms with van der Waals surface area (Å²) in [7, 11) is 1.89.